The minimum atomic E-state index is -0.0907. The standard InChI is InChI=1S/C22H24N6O3S/c1-30-16-5-4-6-17(11-16)31-13-20-26-27-22(28(20)23)32-14-21(29)24-10-9-15-12-25-19-8-3-2-7-18(15)19/h2-8,11-12,25H,9-10,13-14,23H2,1H3,(H,24,29). The molecule has 166 valence electrons. The normalized spacial score (nSPS) is 10.9. The predicted molar refractivity (Wildman–Crippen MR) is 123 cm³/mol. The van der Waals surface area contributed by atoms with Gasteiger partial charge in [0.1, 0.15) is 18.1 Å². The predicted octanol–water partition coefficient (Wildman–Crippen LogP) is 2.51. The summed E-state index contributed by atoms with van der Waals surface area (Å²) in [6, 6.07) is 15.4. The van der Waals surface area contributed by atoms with E-state index in [1.54, 1.807) is 13.2 Å². The smallest absolute Gasteiger partial charge is 0.230 e. The van der Waals surface area contributed by atoms with Crippen LogP contribution in [0, 0.1) is 0 Å². The van der Waals surface area contributed by atoms with Crippen molar-refractivity contribution in [3.63, 3.8) is 0 Å². The number of benzene rings is 2. The van der Waals surface area contributed by atoms with Crippen molar-refractivity contribution in [1.82, 2.24) is 25.2 Å². The average Bonchev–Trinajstić information content (AvgIpc) is 3.39. The number of nitrogens with zero attached hydrogens (tertiary/aromatic N) is 3. The number of carbonyl (C=O) groups excluding carboxylic acids is 1. The molecule has 2 aromatic carbocycles. The SMILES string of the molecule is COc1cccc(OCc2nnc(SCC(=O)NCCc3c[nH]c4ccccc34)n2N)c1. The lowest BCUT2D eigenvalue weighted by Gasteiger charge is -2.08. The van der Waals surface area contributed by atoms with Crippen LogP contribution in [0.1, 0.15) is 11.4 Å². The third kappa shape index (κ3) is 5.14. The molecule has 4 rings (SSSR count). The van der Waals surface area contributed by atoms with Crippen molar-refractivity contribution < 1.29 is 14.3 Å². The summed E-state index contributed by atoms with van der Waals surface area (Å²) in [6.45, 7) is 0.699. The zero-order valence-corrected chi connectivity index (χ0v) is 18.4. The number of aromatic nitrogens is 4. The molecule has 10 heteroatoms. The second-order valence-corrected chi connectivity index (χ2v) is 7.93. The summed E-state index contributed by atoms with van der Waals surface area (Å²) in [5.74, 6) is 7.95. The molecule has 32 heavy (non-hydrogen) atoms. The number of fused-ring (bicyclic) bond motifs is 1. The number of para-hydroxylation sites is 1. The highest BCUT2D eigenvalue weighted by Crippen LogP contribution is 2.21. The molecule has 2 heterocycles. The highest BCUT2D eigenvalue weighted by atomic mass is 32.2. The number of amides is 1. The van der Waals surface area contributed by atoms with Crippen molar-refractivity contribution >= 4 is 28.6 Å². The summed E-state index contributed by atoms with van der Waals surface area (Å²) in [5.41, 5.74) is 2.27. The molecule has 0 aliphatic carbocycles. The Balaban J connectivity index is 1.23. The lowest BCUT2D eigenvalue weighted by Crippen LogP contribution is -2.27. The van der Waals surface area contributed by atoms with Gasteiger partial charge in [-0.1, -0.05) is 36.0 Å². The molecule has 0 unspecified atom stereocenters. The van der Waals surface area contributed by atoms with E-state index in [-0.39, 0.29) is 18.3 Å². The van der Waals surface area contributed by atoms with Crippen molar-refractivity contribution in [3.05, 3.63) is 66.1 Å². The highest BCUT2D eigenvalue weighted by molar-refractivity contribution is 7.99. The summed E-state index contributed by atoms with van der Waals surface area (Å²) in [4.78, 5) is 15.5. The van der Waals surface area contributed by atoms with E-state index >= 15 is 0 Å². The monoisotopic (exact) mass is 452 g/mol. The summed E-state index contributed by atoms with van der Waals surface area (Å²) < 4.78 is 12.2. The Morgan fingerprint density at radius 1 is 1.19 bits per heavy atom. The molecule has 9 nitrogen and oxygen atoms in total. The minimum Gasteiger partial charge on any atom is -0.497 e. The van der Waals surface area contributed by atoms with Crippen LogP contribution in [0.4, 0.5) is 0 Å². The number of methoxy groups -OCH3 is 1. The van der Waals surface area contributed by atoms with Gasteiger partial charge in [-0.3, -0.25) is 4.79 Å². The van der Waals surface area contributed by atoms with Crippen molar-refractivity contribution in [2.45, 2.75) is 18.2 Å². The minimum absolute atomic E-state index is 0.0907. The molecule has 0 saturated carbocycles. The quantitative estimate of drug-likeness (QED) is 0.250. The Labute approximate surface area is 189 Å². The second kappa shape index (κ2) is 10.1. The van der Waals surface area contributed by atoms with E-state index in [1.807, 2.05) is 42.6 Å². The fourth-order valence-electron chi connectivity index (χ4n) is 3.20. The number of ether oxygens (including phenoxy) is 2. The number of nitrogens with one attached hydrogen (secondary N) is 2. The number of nitrogen functional groups attached to an aromatic ring is 1. The Hall–Kier alpha value is -3.66. The lowest BCUT2D eigenvalue weighted by molar-refractivity contribution is -0.118. The molecule has 1 amide bonds. The Kier molecular flexibility index (Phi) is 6.81. The zero-order valence-electron chi connectivity index (χ0n) is 17.6. The molecule has 4 N–H and O–H groups in total. The molecule has 0 bridgehead atoms. The first-order valence-electron chi connectivity index (χ1n) is 10.0. The lowest BCUT2D eigenvalue weighted by atomic mass is 10.1. The molecule has 0 spiro atoms. The van der Waals surface area contributed by atoms with Gasteiger partial charge in [-0.25, -0.2) is 4.68 Å². The molecule has 2 aromatic heterocycles. The van der Waals surface area contributed by atoms with Crippen LogP contribution in [0.25, 0.3) is 10.9 Å². The molecule has 4 aromatic rings. The number of thioether (sulfide) groups is 1. The third-order valence-electron chi connectivity index (χ3n) is 4.87. The molecule has 0 saturated heterocycles. The van der Waals surface area contributed by atoms with E-state index in [4.69, 9.17) is 15.3 Å². The van der Waals surface area contributed by atoms with Crippen LogP contribution in [0.2, 0.25) is 0 Å². The fourth-order valence-corrected chi connectivity index (χ4v) is 3.90. The van der Waals surface area contributed by atoms with Crippen LogP contribution in [0.3, 0.4) is 0 Å². The largest absolute Gasteiger partial charge is 0.497 e. The zero-order chi connectivity index (χ0) is 22.3. The third-order valence-corrected chi connectivity index (χ3v) is 5.81. The number of rotatable bonds is 10. The number of carbonyl (C=O) groups is 1. The van der Waals surface area contributed by atoms with Crippen molar-refractivity contribution in [1.29, 1.82) is 0 Å². The summed E-state index contributed by atoms with van der Waals surface area (Å²) >= 11 is 1.22. The van der Waals surface area contributed by atoms with Gasteiger partial charge in [0, 0.05) is 29.7 Å². The van der Waals surface area contributed by atoms with Crippen molar-refractivity contribution in [2.24, 2.45) is 0 Å². The number of aromatic amines is 1. The van der Waals surface area contributed by atoms with Crippen LogP contribution in [-0.2, 0) is 17.8 Å². The van der Waals surface area contributed by atoms with Gasteiger partial charge in [0.2, 0.25) is 11.1 Å². The number of hydrogen-bond acceptors (Lipinski definition) is 7. The van der Waals surface area contributed by atoms with Crippen LogP contribution >= 0.6 is 11.8 Å². The van der Waals surface area contributed by atoms with E-state index in [1.165, 1.54) is 27.4 Å². The maximum Gasteiger partial charge on any atom is 0.230 e. The molecule has 0 aliphatic rings. The maximum absolute atomic E-state index is 12.2. The molecule has 0 aliphatic heterocycles. The van der Waals surface area contributed by atoms with E-state index in [0.717, 1.165) is 11.9 Å². The molecule has 0 atom stereocenters. The average molecular weight is 453 g/mol. The van der Waals surface area contributed by atoms with Crippen LogP contribution < -0.4 is 20.6 Å². The number of hydrogen-bond donors (Lipinski definition) is 3. The first-order chi connectivity index (χ1) is 15.6. The van der Waals surface area contributed by atoms with Gasteiger partial charge in [0.25, 0.3) is 0 Å². The van der Waals surface area contributed by atoms with E-state index in [2.05, 4.69) is 26.6 Å². The summed E-state index contributed by atoms with van der Waals surface area (Å²) in [6.07, 6.45) is 2.73. The van der Waals surface area contributed by atoms with Gasteiger partial charge in [0.15, 0.2) is 5.82 Å². The van der Waals surface area contributed by atoms with Gasteiger partial charge in [-0.2, -0.15) is 0 Å². The highest BCUT2D eigenvalue weighted by Gasteiger charge is 2.13. The van der Waals surface area contributed by atoms with Gasteiger partial charge >= 0.3 is 0 Å². The maximum atomic E-state index is 12.2. The van der Waals surface area contributed by atoms with Gasteiger partial charge in [-0.05, 0) is 30.2 Å². The van der Waals surface area contributed by atoms with Crippen LogP contribution in [0.5, 0.6) is 11.5 Å². The Bertz CT molecular complexity index is 1210. The van der Waals surface area contributed by atoms with E-state index in [9.17, 15) is 4.79 Å². The van der Waals surface area contributed by atoms with Crippen molar-refractivity contribution in [2.75, 3.05) is 25.3 Å². The number of nitrogens with two attached hydrogens (primary N) is 1. The molecular formula is C22H24N6O3S. The molecular weight excluding hydrogens is 428 g/mol. The first kappa shape index (κ1) is 21.6. The fraction of sp³-hybridized carbons (Fsp3) is 0.227. The number of H-pyrrole nitrogens is 1. The van der Waals surface area contributed by atoms with E-state index in [0.29, 0.717) is 29.0 Å². The second-order valence-electron chi connectivity index (χ2n) is 6.98. The van der Waals surface area contributed by atoms with Gasteiger partial charge in [-0.15, -0.1) is 10.2 Å². The molecule has 0 radical (unpaired) electrons. The Morgan fingerprint density at radius 2 is 2.03 bits per heavy atom. The van der Waals surface area contributed by atoms with Gasteiger partial charge in [0.05, 0.1) is 12.9 Å². The van der Waals surface area contributed by atoms with Crippen molar-refractivity contribution in [3.8, 4) is 11.5 Å². The molecule has 0 fully saturated rings. The summed E-state index contributed by atoms with van der Waals surface area (Å²) in [7, 11) is 1.59. The van der Waals surface area contributed by atoms with Gasteiger partial charge < -0.3 is 25.6 Å². The topological polar surface area (TPSA) is 120 Å². The Morgan fingerprint density at radius 3 is 2.91 bits per heavy atom. The van der Waals surface area contributed by atoms with Crippen LogP contribution in [0.15, 0.2) is 59.9 Å². The summed E-state index contributed by atoms with van der Waals surface area (Å²) in [5, 5.41) is 12.7. The first-order valence-corrected chi connectivity index (χ1v) is 11.0. The van der Waals surface area contributed by atoms with Crippen LogP contribution in [-0.4, -0.2) is 45.2 Å². The van der Waals surface area contributed by atoms with E-state index < -0.39 is 0 Å².